The maximum atomic E-state index is 13.8. The summed E-state index contributed by atoms with van der Waals surface area (Å²) in [6, 6.07) is 9.75. The number of carbonyl (C=O) groups is 1. The number of hydrogen-bond acceptors (Lipinski definition) is 5. The van der Waals surface area contributed by atoms with Crippen molar-refractivity contribution in [1.29, 1.82) is 0 Å². The Hall–Kier alpha value is -2.64. The van der Waals surface area contributed by atoms with Gasteiger partial charge < -0.3 is 25.4 Å². The average molecular weight is 401 g/mol. The van der Waals surface area contributed by atoms with E-state index in [-0.39, 0.29) is 12.5 Å². The van der Waals surface area contributed by atoms with Gasteiger partial charge in [0.05, 0.1) is 7.11 Å². The third-order valence-electron chi connectivity index (χ3n) is 5.26. The molecule has 0 aromatic heterocycles. The molecular weight excluding hydrogens is 373 g/mol. The van der Waals surface area contributed by atoms with E-state index >= 15 is 0 Å². The van der Waals surface area contributed by atoms with Gasteiger partial charge in [-0.05, 0) is 68.8 Å². The average Bonchev–Trinajstić information content (AvgIpc) is 3.12. The number of likely N-dealkylation sites (tertiary alicyclic amines) is 1. The highest BCUT2D eigenvalue weighted by molar-refractivity contribution is 5.94. The number of nitrogens with two attached hydrogens (primary N) is 1. The van der Waals surface area contributed by atoms with Crippen LogP contribution in [0.4, 0.5) is 4.39 Å². The SMILES string of the molecule is COc1ccc(C(=O)NCCC2CCCN2C)cc1Oc1cc(F)cc(CN)c1. The van der Waals surface area contributed by atoms with Crippen LogP contribution in [-0.4, -0.2) is 44.1 Å². The van der Waals surface area contributed by atoms with Crippen LogP contribution in [0.5, 0.6) is 17.2 Å². The summed E-state index contributed by atoms with van der Waals surface area (Å²) in [6.45, 7) is 1.92. The molecule has 0 bridgehead atoms. The highest BCUT2D eigenvalue weighted by Gasteiger charge is 2.20. The predicted octanol–water partition coefficient (Wildman–Crippen LogP) is 3.30. The molecular formula is C22H28FN3O3. The van der Waals surface area contributed by atoms with E-state index in [1.54, 1.807) is 24.3 Å². The molecule has 0 aliphatic carbocycles. The summed E-state index contributed by atoms with van der Waals surface area (Å²) in [5.74, 6) is 0.468. The third-order valence-corrected chi connectivity index (χ3v) is 5.26. The lowest BCUT2D eigenvalue weighted by atomic mass is 10.1. The van der Waals surface area contributed by atoms with Gasteiger partial charge in [-0.25, -0.2) is 4.39 Å². The Morgan fingerprint density at radius 1 is 1.28 bits per heavy atom. The summed E-state index contributed by atoms with van der Waals surface area (Å²) < 4.78 is 24.9. The van der Waals surface area contributed by atoms with E-state index < -0.39 is 5.82 Å². The molecule has 3 rings (SSSR count). The molecule has 1 atom stereocenters. The van der Waals surface area contributed by atoms with Crippen LogP contribution in [0.15, 0.2) is 36.4 Å². The van der Waals surface area contributed by atoms with Crippen LogP contribution in [0, 0.1) is 5.82 Å². The molecule has 3 N–H and O–H groups in total. The molecule has 6 nitrogen and oxygen atoms in total. The number of rotatable bonds is 8. The largest absolute Gasteiger partial charge is 0.493 e. The van der Waals surface area contributed by atoms with Crippen molar-refractivity contribution in [2.45, 2.75) is 31.8 Å². The summed E-state index contributed by atoms with van der Waals surface area (Å²) in [6.07, 6.45) is 3.30. The number of amides is 1. The van der Waals surface area contributed by atoms with Gasteiger partial charge in [0.1, 0.15) is 11.6 Å². The van der Waals surface area contributed by atoms with Crippen molar-refractivity contribution in [3.63, 3.8) is 0 Å². The minimum Gasteiger partial charge on any atom is -0.493 e. The van der Waals surface area contributed by atoms with E-state index in [0.29, 0.717) is 41.0 Å². The molecule has 1 aliphatic heterocycles. The molecule has 1 fully saturated rings. The molecule has 2 aromatic carbocycles. The summed E-state index contributed by atoms with van der Waals surface area (Å²) in [7, 11) is 3.63. The van der Waals surface area contributed by atoms with Crippen LogP contribution in [0.3, 0.4) is 0 Å². The Kier molecular flexibility index (Phi) is 7.06. The molecule has 1 saturated heterocycles. The maximum Gasteiger partial charge on any atom is 0.251 e. The minimum absolute atomic E-state index is 0.181. The molecule has 0 radical (unpaired) electrons. The number of carbonyl (C=O) groups excluding carboxylic acids is 1. The summed E-state index contributed by atoms with van der Waals surface area (Å²) in [5.41, 5.74) is 6.67. The quantitative estimate of drug-likeness (QED) is 0.710. The Balaban J connectivity index is 1.69. The number of ether oxygens (including phenoxy) is 2. The zero-order valence-corrected chi connectivity index (χ0v) is 16.9. The van der Waals surface area contributed by atoms with Crippen LogP contribution < -0.4 is 20.5 Å². The molecule has 1 unspecified atom stereocenters. The van der Waals surface area contributed by atoms with Crippen molar-refractivity contribution in [2.75, 3.05) is 27.2 Å². The van der Waals surface area contributed by atoms with Crippen LogP contribution in [-0.2, 0) is 6.54 Å². The molecule has 156 valence electrons. The first-order chi connectivity index (χ1) is 14.0. The Morgan fingerprint density at radius 2 is 2.10 bits per heavy atom. The van der Waals surface area contributed by atoms with E-state index in [1.807, 2.05) is 0 Å². The van der Waals surface area contributed by atoms with Gasteiger partial charge in [0, 0.05) is 30.8 Å². The van der Waals surface area contributed by atoms with Gasteiger partial charge in [0.2, 0.25) is 0 Å². The normalized spacial score (nSPS) is 16.6. The molecule has 0 saturated carbocycles. The molecule has 29 heavy (non-hydrogen) atoms. The molecule has 0 spiro atoms. The fraction of sp³-hybridized carbons (Fsp3) is 0.409. The number of methoxy groups -OCH3 is 1. The Labute approximate surface area is 170 Å². The van der Waals surface area contributed by atoms with Crippen LogP contribution in [0.2, 0.25) is 0 Å². The minimum atomic E-state index is -0.437. The first-order valence-corrected chi connectivity index (χ1v) is 9.84. The number of benzene rings is 2. The van der Waals surface area contributed by atoms with Crippen molar-refractivity contribution >= 4 is 5.91 Å². The van der Waals surface area contributed by atoms with Crippen molar-refractivity contribution < 1.29 is 18.7 Å². The lowest BCUT2D eigenvalue weighted by Crippen LogP contribution is -2.31. The number of nitrogens with one attached hydrogen (secondary N) is 1. The summed E-state index contributed by atoms with van der Waals surface area (Å²) in [4.78, 5) is 14.9. The Morgan fingerprint density at radius 3 is 2.79 bits per heavy atom. The third kappa shape index (κ3) is 5.46. The van der Waals surface area contributed by atoms with E-state index in [1.165, 1.54) is 32.1 Å². The standard InChI is InChI=1S/C22H28FN3O3/c1-26-9-3-4-18(26)7-8-25-22(27)16-5-6-20(28-2)21(12-16)29-19-11-15(14-24)10-17(23)13-19/h5-6,10-13,18H,3-4,7-9,14,24H2,1-2H3,(H,25,27). The van der Waals surface area contributed by atoms with Crippen molar-refractivity contribution in [1.82, 2.24) is 10.2 Å². The van der Waals surface area contributed by atoms with Crippen LogP contribution in [0.1, 0.15) is 35.2 Å². The second-order valence-electron chi connectivity index (χ2n) is 7.29. The van der Waals surface area contributed by atoms with E-state index in [9.17, 15) is 9.18 Å². The fourth-order valence-corrected chi connectivity index (χ4v) is 3.62. The first-order valence-electron chi connectivity index (χ1n) is 9.84. The second kappa shape index (κ2) is 9.71. The fourth-order valence-electron chi connectivity index (χ4n) is 3.62. The summed E-state index contributed by atoms with van der Waals surface area (Å²) in [5, 5.41) is 2.96. The monoisotopic (exact) mass is 401 g/mol. The smallest absolute Gasteiger partial charge is 0.251 e. The summed E-state index contributed by atoms with van der Waals surface area (Å²) >= 11 is 0. The first kappa shape index (κ1) is 21.1. The van der Waals surface area contributed by atoms with E-state index in [0.717, 1.165) is 13.0 Å². The van der Waals surface area contributed by atoms with Crippen molar-refractivity contribution in [3.05, 3.63) is 53.3 Å². The predicted molar refractivity (Wildman–Crippen MR) is 110 cm³/mol. The highest BCUT2D eigenvalue weighted by atomic mass is 19.1. The number of hydrogen-bond donors (Lipinski definition) is 2. The second-order valence-corrected chi connectivity index (χ2v) is 7.29. The molecule has 1 aliphatic rings. The van der Waals surface area contributed by atoms with E-state index in [4.69, 9.17) is 15.2 Å². The highest BCUT2D eigenvalue weighted by Crippen LogP contribution is 2.33. The van der Waals surface area contributed by atoms with Gasteiger partial charge in [0.25, 0.3) is 5.91 Å². The van der Waals surface area contributed by atoms with Gasteiger partial charge in [-0.1, -0.05) is 0 Å². The van der Waals surface area contributed by atoms with Gasteiger partial charge in [-0.2, -0.15) is 0 Å². The topological polar surface area (TPSA) is 76.8 Å². The molecule has 7 heteroatoms. The number of nitrogens with zero attached hydrogens (tertiary/aromatic N) is 1. The lowest BCUT2D eigenvalue weighted by Gasteiger charge is -2.19. The molecule has 2 aromatic rings. The zero-order chi connectivity index (χ0) is 20.8. The number of halogens is 1. The van der Waals surface area contributed by atoms with Gasteiger partial charge in [0.15, 0.2) is 11.5 Å². The van der Waals surface area contributed by atoms with Crippen molar-refractivity contribution in [3.8, 4) is 17.2 Å². The van der Waals surface area contributed by atoms with Gasteiger partial charge in [-0.15, -0.1) is 0 Å². The Bertz CT molecular complexity index is 859. The molecule has 1 amide bonds. The zero-order valence-electron chi connectivity index (χ0n) is 16.9. The van der Waals surface area contributed by atoms with Gasteiger partial charge >= 0.3 is 0 Å². The van der Waals surface area contributed by atoms with E-state index in [2.05, 4.69) is 17.3 Å². The van der Waals surface area contributed by atoms with Crippen LogP contribution in [0.25, 0.3) is 0 Å². The lowest BCUT2D eigenvalue weighted by molar-refractivity contribution is 0.0950. The van der Waals surface area contributed by atoms with Gasteiger partial charge in [-0.3, -0.25) is 4.79 Å². The van der Waals surface area contributed by atoms with Crippen molar-refractivity contribution in [2.24, 2.45) is 5.73 Å². The maximum absolute atomic E-state index is 13.8. The van der Waals surface area contributed by atoms with Crippen LogP contribution >= 0.6 is 0 Å². The molecule has 1 heterocycles.